The maximum absolute atomic E-state index is 12.3. The van der Waals surface area contributed by atoms with E-state index in [4.69, 9.17) is 4.74 Å². The maximum atomic E-state index is 12.3. The third kappa shape index (κ3) is 3.91. The molecule has 106 valence electrons. The average Bonchev–Trinajstić information content (AvgIpc) is 3.19. The van der Waals surface area contributed by atoms with Crippen LogP contribution in [0.1, 0.15) is 25.7 Å². The first-order valence-electron chi connectivity index (χ1n) is 6.84. The summed E-state index contributed by atoms with van der Waals surface area (Å²) in [6.45, 7) is 3.27. The van der Waals surface area contributed by atoms with Gasteiger partial charge in [0.1, 0.15) is 0 Å². The van der Waals surface area contributed by atoms with Crippen molar-refractivity contribution in [2.45, 2.75) is 30.9 Å². The maximum Gasteiger partial charge on any atom is 0.218 e. The van der Waals surface area contributed by atoms with Crippen LogP contribution in [0.25, 0.3) is 0 Å². The van der Waals surface area contributed by atoms with Crippen LogP contribution in [0, 0.1) is 5.92 Å². The highest BCUT2D eigenvalue weighted by atomic mass is 32.2. The van der Waals surface area contributed by atoms with Gasteiger partial charge in [-0.1, -0.05) is 0 Å². The Morgan fingerprint density at radius 3 is 2.72 bits per heavy atom. The van der Waals surface area contributed by atoms with E-state index in [1.807, 2.05) is 0 Å². The average molecular weight is 276 g/mol. The largest absolute Gasteiger partial charge is 0.380 e. The third-order valence-corrected chi connectivity index (χ3v) is 6.00. The second-order valence-electron chi connectivity index (χ2n) is 5.35. The second-order valence-corrected chi connectivity index (χ2v) is 7.67. The third-order valence-electron chi connectivity index (χ3n) is 3.71. The van der Waals surface area contributed by atoms with Gasteiger partial charge >= 0.3 is 0 Å². The molecule has 0 aromatic heterocycles. The lowest BCUT2D eigenvalue weighted by Gasteiger charge is -2.27. The SMILES string of the molecule is CN(CCOCC1CC1)S(=O)(=O)C1CCCNC1. The molecule has 1 N–H and O–H groups in total. The number of hydrogen-bond acceptors (Lipinski definition) is 4. The molecule has 1 aliphatic heterocycles. The Morgan fingerprint density at radius 1 is 1.33 bits per heavy atom. The minimum Gasteiger partial charge on any atom is -0.380 e. The van der Waals surface area contributed by atoms with Crippen LogP contribution in [0.5, 0.6) is 0 Å². The van der Waals surface area contributed by atoms with E-state index in [0.717, 1.165) is 31.9 Å². The zero-order valence-corrected chi connectivity index (χ0v) is 11.9. The van der Waals surface area contributed by atoms with Crippen LogP contribution >= 0.6 is 0 Å². The van der Waals surface area contributed by atoms with E-state index in [9.17, 15) is 8.42 Å². The number of rotatable bonds is 7. The molecule has 1 saturated carbocycles. The molecule has 5 nitrogen and oxygen atoms in total. The Bertz CT molecular complexity index is 348. The van der Waals surface area contributed by atoms with Gasteiger partial charge in [0.05, 0.1) is 11.9 Å². The smallest absolute Gasteiger partial charge is 0.218 e. The van der Waals surface area contributed by atoms with Crippen molar-refractivity contribution < 1.29 is 13.2 Å². The minimum absolute atomic E-state index is 0.264. The van der Waals surface area contributed by atoms with Gasteiger partial charge in [0.2, 0.25) is 10.0 Å². The Kier molecular flexibility index (Phi) is 5.00. The van der Waals surface area contributed by atoms with Crippen molar-refractivity contribution in [1.29, 1.82) is 0 Å². The number of piperidine rings is 1. The van der Waals surface area contributed by atoms with Gasteiger partial charge in [-0.2, -0.15) is 0 Å². The molecular formula is C12H24N2O3S. The Morgan fingerprint density at radius 2 is 2.11 bits per heavy atom. The van der Waals surface area contributed by atoms with Crippen molar-refractivity contribution >= 4 is 10.0 Å². The predicted molar refractivity (Wildman–Crippen MR) is 71.0 cm³/mol. The quantitative estimate of drug-likeness (QED) is 0.685. The van der Waals surface area contributed by atoms with E-state index < -0.39 is 10.0 Å². The Hall–Kier alpha value is -0.170. The highest BCUT2D eigenvalue weighted by Gasteiger charge is 2.30. The molecule has 1 saturated heterocycles. The summed E-state index contributed by atoms with van der Waals surface area (Å²) in [4.78, 5) is 0. The molecule has 1 unspecified atom stereocenters. The van der Waals surface area contributed by atoms with Gasteiger partial charge < -0.3 is 10.1 Å². The minimum atomic E-state index is -3.16. The van der Waals surface area contributed by atoms with E-state index in [2.05, 4.69) is 5.32 Å². The monoisotopic (exact) mass is 276 g/mol. The summed E-state index contributed by atoms with van der Waals surface area (Å²) in [6.07, 6.45) is 4.24. The predicted octanol–water partition coefficient (Wildman–Crippen LogP) is 0.427. The second kappa shape index (κ2) is 6.32. The standard InChI is InChI=1S/C12H24N2O3S/c1-14(7-8-17-10-11-4-5-11)18(15,16)12-3-2-6-13-9-12/h11-13H,2-10H2,1H3. The van der Waals surface area contributed by atoms with E-state index in [1.54, 1.807) is 7.05 Å². The van der Waals surface area contributed by atoms with Gasteiger partial charge in [-0.25, -0.2) is 12.7 Å². The van der Waals surface area contributed by atoms with Crippen LogP contribution in [0.3, 0.4) is 0 Å². The number of ether oxygens (including phenoxy) is 1. The van der Waals surface area contributed by atoms with E-state index >= 15 is 0 Å². The van der Waals surface area contributed by atoms with E-state index in [-0.39, 0.29) is 5.25 Å². The first-order valence-corrected chi connectivity index (χ1v) is 8.34. The van der Waals surface area contributed by atoms with Gasteiger partial charge in [0, 0.05) is 26.7 Å². The van der Waals surface area contributed by atoms with Gasteiger partial charge in [-0.05, 0) is 38.1 Å². The van der Waals surface area contributed by atoms with Gasteiger partial charge in [-0.3, -0.25) is 0 Å². The summed E-state index contributed by atoms with van der Waals surface area (Å²) >= 11 is 0. The van der Waals surface area contributed by atoms with Crippen LogP contribution in [0.15, 0.2) is 0 Å². The van der Waals surface area contributed by atoms with Crippen LogP contribution in [-0.4, -0.2) is 57.9 Å². The molecule has 1 aliphatic carbocycles. The van der Waals surface area contributed by atoms with Crippen LogP contribution in [0.4, 0.5) is 0 Å². The van der Waals surface area contributed by atoms with Crippen molar-refractivity contribution in [2.75, 3.05) is 39.9 Å². The lowest BCUT2D eigenvalue weighted by Crippen LogP contribution is -2.45. The van der Waals surface area contributed by atoms with Crippen molar-refractivity contribution in [1.82, 2.24) is 9.62 Å². The summed E-state index contributed by atoms with van der Waals surface area (Å²) in [5.74, 6) is 0.731. The van der Waals surface area contributed by atoms with Crippen molar-refractivity contribution in [3.05, 3.63) is 0 Å². The highest BCUT2D eigenvalue weighted by Crippen LogP contribution is 2.28. The topological polar surface area (TPSA) is 58.6 Å². The van der Waals surface area contributed by atoms with Crippen molar-refractivity contribution in [2.24, 2.45) is 5.92 Å². The van der Waals surface area contributed by atoms with Gasteiger partial charge in [-0.15, -0.1) is 0 Å². The molecule has 0 bridgehead atoms. The zero-order chi connectivity index (χ0) is 13.0. The van der Waals surface area contributed by atoms with E-state index in [0.29, 0.717) is 19.7 Å². The molecule has 2 aliphatic rings. The molecule has 0 radical (unpaired) electrons. The molecule has 6 heteroatoms. The number of hydrogen-bond donors (Lipinski definition) is 1. The zero-order valence-electron chi connectivity index (χ0n) is 11.1. The molecule has 1 heterocycles. The Labute approximate surface area is 110 Å². The molecule has 2 rings (SSSR count). The fraction of sp³-hybridized carbons (Fsp3) is 1.00. The summed E-state index contributed by atoms with van der Waals surface area (Å²) < 4.78 is 31.5. The van der Waals surface area contributed by atoms with Crippen molar-refractivity contribution in [3.63, 3.8) is 0 Å². The first-order chi connectivity index (χ1) is 8.60. The van der Waals surface area contributed by atoms with Gasteiger partial charge in [0.15, 0.2) is 0 Å². The molecular weight excluding hydrogens is 252 g/mol. The highest BCUT2D eigenvalue weighted by molar-refractivity contribution is 7.89. The van der Waals surface area contributed by atoms with Crippen LogP contribution < -0.4 is 5.32 Å². The molecule has 0 aromatic rings. The molecule has 2 fully saturated rings. The number of sulfonamides is 1. The fourth-order valence-corrected chi connectivity index (χ4v) is 3.81. The summed E-state index contributed by atoms with van der Waals surface area (Å²) in [7, 11) is -1.50. The molecule has 1 atom stereocenters. The lowest BCUT2D eigenvalue weighted by molar-refractivity contribution is 0.117. The van der Waals surface area contributed by atoms with Gasteiger partial charge in [0.25, 0.3) is 0 Å². The molecule has 0 spiro atoms. The summed E-state index contributed by atoms with van der Waals surface area (Å²) in [5, 5.41) is 2.89. The van der Waals surface area contributed by atoms with Crippen molar-refractivity contribution in [3.8, 4) is 0 Å². The normalized spacial score (nSPS) is 25.6. The van der Waals surface area contributed by atoms with Crippen LogP contribution in [-0.2, 0) is 14.8 Å². The number of likely N-dealkylation sites (N-methyl/N-ethyl adjacent to an activating group) is 1. The molecule has 18 heavy (non-hydrogen) atoms. The first kappa shape index (κ1) is 14.2. The number of nitrogens with zero attached hydrogens (tertiary/aromatic N) is 1. The van der Waals surface area contributed by atoms with E-state index in [1.165, 1.54) is 17.1 Å². The molecule has 0 amide bonds. The molecule has 0 aromatic carbocycles. The lowest BCUT2D eigenvalue weighted by atomic mass is 10.2. The number of nitrogens with one attached hydrogen (secondary N) is 1. The Balaban J connectivity index is 1.72. The van der Waals surface area contributed by atoms with Crippen LogP contribution in [0.2, 0.25) is 0 Å². The fourth-order valence-electron chi connectivity index (χ4n) is 2.18. The summed E-state index contributed by atoms with van der Waals surface area (Å²) in [5.41, 5.74) is 0. The summed E-state index contributed by atoms with van der Waals surface area (Å²) in [6, 6.07) is 0.